The van der Waals surface area contributed by atoms with Gasteiger partial charge in [0.15, 0.2) is 0 Å². The molecule has 2 aromatic carbocycles. The second-order valence-electron chi connectivity index (χ2n) is 4.96. The molecule has 0 amide bonds. The molecule has 0 aromatic heterocycles. The quantitative estimate of drug-likeness (QED) is 0.517. The fourth-order valence-electron chi connectivity index (χ4n) is 2.20. The maximum absolute atomic E-state index is 5.99. The van der Waals surface area contributed by atoms with E-state index in [9.17, 15) is 0 Å². The third kappa shape index (κ3) is 4.61. The average molecular weight is 562 g/mol. The fraction of sp³-hybridized carbons (Fsp3) is 0.250. The van der Waals surface area contributed by atoms with E-state index in [1.807, 2.05) is 24.3 Å². The Labute approximate surface area is 161 Å². The van der Waals surface area contributed by atoms with Crippen LogP contribution in [0.25, 0.3) is 0 Å². The summed E-state index contributed by atoms with van der Waals surface area (Å²) in [5.41, 5.74) is 2.67. The molecule has 1 saturated heterocycles. The summed E-state index contributed by atoms with van der Waals surface area (Å²) >= 11 is 11.9. The minimum absolute atomic E-state index is 0.0599. The molecular weight excluding hydrogens is 546 g/mol. The standard InChI is InChI=1S/C16H16Cl2N2Te2/c17-13-1-5-15(6-2-13)19-9-21-11-20(12-22-10-19)16-7-3-14(18)4-8-16/h1-8H,9-12H2. The molecule has 0 radical (unpaired) electrons. The van der Waals surface area contributed by atoms with E-state index in [-0.39, 0.29) is 41.8 Å². The second-order valence-corrected chi connectivity index (χ2v) is 11.1. The molecule has 6 heteroatoms. The van der Waals surface area contributed by atoms with E-state index in [1.54, 1.807) is 0 Å². The molecule has 0 saturated carbocycles. The zero-order valence-corrected chi connectivity index (χ0v) is 18.1. The van der Waals surface area contributed by atoms with Crippen LogP contribution in [0.5, 0.6) is 0 Å². The minimum atomic E-state index is -0.0599. The Morgan fingerprint density at radius 3 is 1.23 bits per heavy atom. The summed E-state index contributed by atoms with van der Waals surface area (Å²) in [4.78, 5) is 5.14. The van der Waals surface area contributed by atoms with Gasteiger partial charge in [0.05, 0.1) is 0 Å². The number of rotatable bonds is 2. The molecule has 1 aliphatic rings. The van der Waals surface area contributed by atoms with Gasteiger partial charge in [0.25, 0.3) is 0 Å². The molecule has 0 aliphatic carbocycles. The second kappa shape index (κ2) is 8.34. The van der Waals surface area contributed by atoms with Crippen molar-refractivity contribution in [3.8, 4) is 0 Å². The first-order valence-electron chi connectivity index (χ1n) is 6.89. The summed E-state index contributed by atoms with van der Waals surface area (Å²) in [7, 11) is 0. The predicted molar refractivity (Wildman–Crippen MR) is 98.8 cm³/mol. The van der Waals surface area contributed by atoms with Crippen molar-refractivity contribution in [3.63, 3.8) is 0 Å². The molecule has 1 heterocycles. The van der Waals surface area contributed by atoms with Gasteiger partial charge in [-0.2, -0.15) is 0 Å². The van der Waals surface area contributed by atoms with Crippen LogP contribution in [-0.2, 0) is 0 Å². The van der Waals surface area contributed by atoms with Gasteiger partial charge in [-0.05, 0) is 0 Å². The first-order valence-corrected chi connectivity index (χ1v) is 14.2. The van der Waals surface area contributed by atoms with Crippen LogP contribution in [0.1, 0.15) is 0 Å². The normalized spacial score (nSPS) is 16.3. The van der Waals surface area contributed by atoms with Gasteiger partial charge in [0.1, 0.15) is 0 Å². The molecule has 1 aliphatic heterocycles. The number of hydrogen-bond donors (Lipinski definition) is 0. The first-order chi connectivity index (χ1) is 10.7. The summed E-state index contributed by atoms with van der Waals surface area (Å²) in [6.07, 6.45) is 0. The molecular formula is C16H16Cl2N2Te2. The van der Waals surface area contributed by atoms with Gasteiger partial charge in [-0.15, -0.1) is 0 Å². The topological polar surface area (TPSA) is 6.48 Å². The van der Waals surface area contributed by atoms with Crippen molar-refractivity contribution in [2.45, 2.75) is 0 Å². The number of nitrogens with zero attached hydrogens (tertiary/aromatic N) is 2. The third-order valence-corrected chi connectivity index (χ3v) is 9.52. The third-order valence-electron chi connectivity index (χ3n) is 3.37. The fourth-order valence-corrected chi connectivity index (χ4v) is 10.4. The zero-order chi connectivity index (χ0) is 15.4. The van der Waals surface area contributed by atoms with Crippen LogP contribution in [0.2, 0.25) is 10.0 Å². The molecule has 3 rings (SSSR count). The Hall–Kier alpha value is 0.199. The van der Waals surface area contributed by atoms with Crippen molar-refractivity contribution < 1.29 is 0 Å². The summed E-state index contributed by atoms with van der Waals surface area (Å²) in [5, 5.41) is 1.63. The number of hydrogen-bond acceptors (Lipinski definition) is 2. The van der Waals surface area contributed by atoms with Gasteiger partial charge in [-0.25, -0.2) is 0 Å². The molecule has 0 spiro atoms. The monoisotopic (exact) mass is 566 g/mol. The maximum atomic E-state index is 5.99. The summed E-state index contributed by atoms with van der Waals surface area (Å²) in [6.45, 7) is 0. The Bertz CT molecular complexity index is 541. The molecule has 0 bridgehead atoms. The molecule has 0 N–H and O–H groups in total. The van der Waals surface area contributed by atoms with E-state index >= 15 is 0 Å². The predicted octanol–water partition coefficient (Wildman–Crippen LogP) is 3.56. The van der Waals surface area contributed by atoms with E-state index < -0.39 is 0 Å². The molecule has 1 fully saturated rings. The average Bonchev–Trinajstić information content (AvgIpc) is 2.50. The Kier molecular flexibility index (Phi) is 6.46. The van der Waals surface area contributed by atoms with Crippen LogP contribution in [0, 0.1) is 0 Å². The van der Waals surface area contributed by atoms with Crippen LogP contribution in [0.4, 0.5) is 11.4 Å². The van der Waals surface area contributed by atoms with Crippen LogP contribution in [0.15, 0.2) is 48.5 Å². The SMILES string of the molecule is Clc1ccc(N2C[Te]CN(c3ccc(Cl)cc3)C[Te]C2)cc1. The van der Waals surface area contributed by atoms with Crippen LogP contribution < -0.4 is 9.80 Å². The molecule has 0 atom stereocenters. The number of halogens is 2. The molecule has 22 heavy (non-hydrogen) atoms. The van der Waals surface area contributed by atoms with E-state index in [0.717, 1.165) is 10.0 Å². The zero-order valence-electron chi connectivity index (χ0n) is 11.9. The molecule has 0 unspecified atom stereocenters. The number of anilines is 2. The Morgan fingerprint density at radius 2 is 0.909 bits per heavy atom. The van der Waals surface area contributed by atoms with Crippen molar-refractivity contribution in [2.24, 2.45) is 0 Å². The van der Waals surface area contributed by atoms with Crippen molar-refractivity contribution >= 4 is 76.4 Å². The Balaban J connectivity index is 1.62. The van der Waals surface area contributed by atoms with Gasteiger partial charge in [0.2, 0.25) is 0 Å². The summed E-state index contributed by atoms with van der Waals surface area (Å²) < 4.78 is 4.95. The van der Waals surface area contributed by atoms with Crippen molar-refractivity contribution in [1.82, 2.24) is 0 Å². The molecule has 2 aromatic rings. The van der Waals surface area contributed by atoms with E-state index in [4.69, 9.17) is 23.2 Å². The Morgan fingerprint density at radius 1 is 0.591 bits per heavy atom. The summed E-state index contributed by atoms with van der Waals surface area (Å²) in [6, 6.07) is 16.6. The van der Waals surface area contributed by atoms with Crippen LogP contribution in [0.3, 0.4) is 0 Å². The molecule has 116 valence electrons. The first kappa shape index (κ1) is 17.0. The van der Waals surface area contributed by atoms with Gasteiger partial charge in [-0.3, -0.25) is 0 Å². The van der Waals surface area contributed by atoms with Crippen molar-refractivity contribution in [3.05, 3.63) is 58.6 Å². The van der Waals surface area contributed by atoms with E-state index in [1.165, 1.54) is 29.7 Å². The van der Waals surface area contributed by atoms with E-state index in [0.29, 0.717) is 0 Å². The van der Waals surface area contributed by atoms with Gasteiger partial charge < -0.3 is 0 Å². The van der Waals surface area contributed by atoms with Gasteiger partial charge in [-0.1, -0.05) is 0 Å². The number of benzene rings is 2. The van der Waals surface area contributed by atoms with Gasteiger partial charge in [0, 0.05) is 0 Å². The van der Waals surface area contributed by atoms with Gasteiger partial charge >= 0.3 is 163 Å². The van der Waals surface area contributed by atoms with Crippen molar-refractivity contribution in [2.75, 3.05) is 28.2 Å². The van der Waals surface area contributed by atoms with E-state index in [2.05, 4.69) is 34.1 Å². The summed E-state index contributed by atoms with van der Waals surface area (Å²) in [5.74, 6) is 0. The van der Waals surface area contributed by atoms with Crippen LogP contribution >= 0.6 is 23.2 Å². The van der Waals surface area contributed by atoms with Crippen LogP contribution in [-0.4, -0.2) is 60.2 Å². The van der Waals surface area contributed by atoms with Crippen molar-refractivity contribution in [1.29, 1.82) is 0 Å². The molecule has 2 nitrogen and oxygen atoms in total.